The molecule has 3 heterocycles. The Bertz CT molecular complexity index is 2860. The number of pyridine rings is 3. The van der Waals surface area contributed by atoms with Gasteiger partial charge in [0, 0.05) is 44.3 Å². The van der Waals surface area contributed by atoms with Crippen molar-refractivity contribution in [3.63, 3.8) is 0 Å². The van der Waals surface area contributed by atoms with Crippen LogP contribution >= 0.6 is 0 Å². The molecule has 10 rings (SSSR count). The van der Waals surface area contributed by atoms with Crippen molar-refractivity contribution in [3.05, 3.63) is 176 Å². The van der Waals surface area contributed by atoms with Gasteiger partial charge in [0.1, 0.15) is 0 Å². The highest BCUT2D eigenvalue weighted by Crippen LogP contribution is 2.41. The van der Waals surface area contributed by atoms with Crippen molar-refractivity contribution >= 4 is 54.3 Å². The summed E-state index contributed by atoms with van der Waals surface area (Å²) in [7, 11) is 0. The molecule has 10 aromatic rings. The largest absolute Gasteiger partial charge is 0.253 e. The topological polar surface area (TPSA) is 38.7 Å². The molecule has 0 spiro atoms. The molecule has 0 saturated carbocycles. The number of hydrogen-bond donors (Lipinski definition) is 0. The van der Waals surface area contributed by atoms with Crippen LogP contribution in [-0.2, 0) is 0 Å². The Morgan fingerprint density at radius 1 is 0.340 bits per heavy atom. The zero-order chi connectivity index (χ0) is 33.0. The van der Waals surface area contributed by atoms with Gasteiger partial charge in [-0.15, -0.1) is 0 Å². The SMILES string of the molecule is c1ccc(-c2cc(-c3ccccc3)cc(-c3nc4ccccc4c4cnc5c(ccc6ccc(-c7ccc8ccccc8c7)nc65)c34)c2)cc1. The van der Waals surface area contributed by atoms with Crippen molar-refractivity contribution in [2.45, 2.75) is 0 Å². The van der Waals surface area contributed by atoms with Crippen LogP contribution in [0.2, 0.25) is 0 Å². The molecule has 0 radical (unpaired) electrons. The first-order chi connectivity index (χ1) is 24.8. The summed E-state index contributed by atoms with van der Waals surface area (Å²) in [5, 5.41) is 7.76. The lowest BCUT2D eigenvalue weighted by Crippen LogP contribution is -1.95. The van der Waals surface area contributed by atoms with Gasteiger partial charge in [-0.1, -0.05) is 133 Å². The molecule has 50 heavy (non-hydrogen) atoms. The minimum absolute atomic E-state index is 0.874. The van der Waals surface area contributed by atoms with E-state index in [1.54, 1.807) is 0 Å². The molecule has 232 valence electrons. The van der Waals surface area contributed by atoms with Crippen molar-refractivity contribution < 1.29 is 0 Å². The van der Waals surface area contributed by atoms with Crippen LogP contribution < -0.4 is 0 Å². The molecule has 0 bridgehead atoms. The summed E-state index contributed by atoms with van der Waals surface area (Å²) in [6.07, 6.45) is 2.02. The van der Waals surface area contributed by atoms with E-state index < -0.39 is 0 Å². The van der Waals surface area contributed by atoms with E-state index in [2.05, 4.69) is 170 Å². The second-order valence-corrected chi connectivity index (χ2v) is 12.8. The maximum Gasteiger partial charge on any atom is 0.0972 e. The molecular formula is C47H29N3. The average Bonchev–Trinajstić information content (AvgIpc) is 3.20. The summed E-state index contributed by atoms with van der Waals surface area (Å²) < 4.78 is 0. The third-order valence-corrected chi connectivity index (χ3v) is 9.83. The second-order valence-electron chi connectivity index (χ2n) is 12.8. The normalized spacial score (nSPS) is 11.6. The van der Waals surface area contributed by atoms with Crippen LogP contribution in [0.5, 0.6) is 0 Å². The molecule has 0 aliphatic rings. The highest BCUT2D eigenvalue weighted by Gasteiger charge is 2.18. The van der Waals surface area contributed by atoms with Crippen molar-refractivity contribution in [1.82, 2.24) is 15.0 Å². The second kappa shape index (κ2) is 11.5. The van der Waals surface area contributed by atoms with E-state index in [0.717, 1.165) is 77.1 Å². The third-order valence-electron chi connectivity index (χ3n) is 9.83. The van der Waals surface area contributed by atoms with Crippen LogP contribution in [0, 0.1) is 0 Å². The molecule has 0 N–H and O–H groups in total. The van der Waals surface area contributed by atoms with E-state index in [1.165, 1.54) is 21.9 Å². The minimum Gasteiger partial charge on any atom is -0.253 e. The summed E-state index contributed by atoms with van der Waals surface area (Å²) in [6, 6.07) is 60.0. The Morgan fingerprint density at radius 2 is 0.980 bits per heavy atom. The fourth-order valence-electron chi connectivity index (χ4n) is 7.36. The van der Waals surface area contributed by atoms with Crippen LogP contribution in [0.15, 0.2) is 176 Å². The van der Waals surface area contributed by atoms with Gasteiger partial charge >= 0.3 is 0 Å². The predicted molar refractivity (Wildman–Crippen MR) is 209 cm³/mol. The zero-order valence-electron chi connectivity index (χ0n) is 27.1. The number of para-hydroxylation sites is 1. The van der Waals surface area contributed by atoms with Crippen LogP contribution in [0.3, 0.4) is 0 Å². The minimum atomic E-state index is 0.874. The lowest BCUT2D eigenvalue weighted by molar-refractivity contribution is 1.38. The molecular weight excluding hydrogens is 607 g/mol. The van der Waals surface area contributed by atoms with E-state index in [9.17, 15) is 0 Å². The Kier molecular flexibility index (Phi) is 6.49. The first-order valence-corrected chi connectivity index (χ1v) is 16.9. The van der Waals surface area contributed by atoms with E-state index >= 15 is 0 Å². The van der Waals surface area contributed by atoms with Gasteiger partial charge in [0.2, 0.25) is 0 Å². The maximum absolute atomic E-state index is 5.42. The van der Waals surface area contributed by atoms with Crippen molar-refractivity contribution in [3.8, 4) is 44.8 Å². The van der Waals surface area contributed by atoms with Crippen molar-refractivity contribution in [1.29, 1.82) is 0 Å². The van der Waals surface area contributed by atoms with Crippen LogP contribution in [-0.4, -0.2) is 15.0 Å². The molecule has 3 heteroatoms. The fourth-order valence-corrected chi connectivity index (χ4v) is 7.36. The summed E-state index contributed by atoms with van der Waals surface area (Å²) >= 11 is 0. The monoisotopic (exact) mass is 635 g/mol. The number of hydrogen-bond acceptors (Lipinski definition) is 3. The third kappa shape index (κ3) is 4.71. The highest BCUT2D eigenvalue weighted by molar-refractivity contribution is 6.23. The first kappa shape index (κ1) is 28.3. The van der Waals surface area contributed by atoms with Crippen LogP contribution in [0.25, 0.3) is 99.0 Å². The summed E-state index contributed by atoms with van der Waals surface area (Å²) in [4.78, 5) is 15.8. The molecule has 0 aliphatic carbocycles. The van der Waals surface area contributed by atoms with E-state index in [0.29, 0.717) is 0 Å². The summed E-state index contributed by atoms with van der Waals surface area (Å²) in [5.41, 5.74) is 11.3. The van der Waals surface area contributed by atoms with E-state index in [-0.39, 0.29) is 0 Å². The van der Waals surface area contributed by atoms with Gasteiger partial charge < -0.3 is 0 Å². The average molecular weight is 636 g/mol. The number of aromatic nitrogens is 3. The molecule has 0 atom stereocenters. The van der Waals surface area contributed by atoms with Crippen molar-refractivity contribution in [2.75, 3.05) is 0 Å². The van der Waals surface area contributed by atoms with Crippen molar-refractivity contribution in [2.24, 2.45) is 0 Å². The highest BCUT2D eigenvalue weighted by atomic mass is 14.8. The lowest BCUT2D eigenvalue weighted by Gasteiger charge is -2.16. The number of fused-ring (bicyclic) bond motifs is 8. The van der Waals surface area contributed by atoms with Gasteiger partial charge in [-0.05, 0) is 69.4 Å². The fraction of sp³-hybridized carbons (Fsp3) is 0. The first-order valence-electron chi connectivity index (χ1n) is 16.9. The van der Waals surface area contributed by atoms with Gasteiger partial charge in [-0.3, -0.25) is 4.98 Å². The van der Waals surface area contributed by atoms with Gasteiger partial charge in [0.05, 0.1) is 27.9 Å². The van der Waals surface area contributed by atoms with Gasteiger partial charge in [0.25, 0.3) is 0 Å². The zero-order valence-corrected chi connectivity index (χ0v) is 27.1. The molecule has 3 nitrogen and oxygen atoms in total. The van der Waals surface area contributed by atoms with Gasteiger partial charge in [0.15, 0.2) is 0 Å². The standard InChI is InChI=1S/C47H29N3/c1-3-11-30(12-4-1)36-26-37(31-13-5-2-6-14-31)28-38(27-36)45-44-40-23-21-33-22-24-42(35-20-19-32-15-7-8-16-34(32)25-35)49-46(33)47(40)48-29-41(44)39-17-9-10-18-43(39)50-45/h1-29H. The summed E-state index contributed by atoms with van der Waals surface area (Å²) in [5.74, 6) is 0. The van der Waals surface area contributed by atoms with Crippen LogP contribution in [0.4, 0.5) is 0 Å². The maximum atomic E-state index is 5.42. The quantitative estimate of drug-likeness (QED) is 0.181. The van der Waals surface area contributed by atoms with Gasteiger partial charge in [-0.25, -0.2) is 9.97 Å². The molecule has 3 aromatic heterocycles. The number of benzene rings is 7. The molecule has 0 aliphatic heterocycles. The molecule has 0 amide bonds. The number of nitrogens with zero attached hydrogens (tertiary/aromatic N) is 3. The summed E-state index contributed by atoms with van der Waals surface area (Å²) in [6.45, 7) is 0. The predicted octanol–water partition coefficient (Wildman–Crippen LogP) is 12.3. The molecule has 0 unspecified atom stereocenters. The Morgan fingerprint density at radius 3 is 1.76 bits per heavy atom. The Balaban J connectivity index is 1.27. The lowest BCUT2D eigenvalue weighted by atomic mass is 9.92. The Labute approximate surface area is 289 Å². The molecule has 0 saturated heterocycles. The number of rotatable bonds is 4. The van der Waals surface area contributed by atoms with E-state index in [4.69, 9.17) is 15.0 Å². The van der Waals surface area contributed by atoms with E-state index in [1.807, 2.05) is 6.20 Å². The smallest absolute Gasteiger partial charge is 0.0972 e. The molecule has 7 aromatic carbocycles. The van der Waals surface area contributed by atoms with Gasteiger partial charge in [-0.2, -0.15) is 0 Å². The Hall–Kier alpha value is -6.71. The molecule has 0 fully saturated rings. The van der Waals surface area contributed by atoms with Crippen LogP contribution in [0.1, 0.15) is 0 Å².